The molecule has 17 heavy (non-hydrogen) atoms. The number of fused-ring (bicyclic) bond motifs is 1. The molecular formula is C11H10ClNO2S2. The van der Waals surface area contributed by atoms with E-state index in [4.69, 9.17) is 16.3 Å². The average Bonchev–Trinajstić information content (AvgIpc) is 2.68. The average molecular weight is 288 g/mol. The van der Waals surface area contributed by atoms with Crippen molar-refractivity contribution in [1.82, 2.24) is 4.98 Å². The number of halogens is 1. The molecule has 0 amide bonds. The number of esters is 1. The van der Waals surface area contributed by atoms with Gasteiger partial charge in [-0.2, -0.15) is 0 Å². The van der Waals surface area contributed by atoms with Gasteiger partial charge in [0.05, 0.1) is 22.6 Å². The van der Waals surface area contributed by atoms with Gasteiger partial charge in [0.2, 0.25) is 0 Å². The highest BCUT2D eigenvalue weighted by Crippen LogP contribution is 2.30. The van der Waals surface area contributed by atoms with Crippen molar-refractivity contribution < 1.29 is 9.53 Å². The van der Waals surface area contributed by atoms with Gasteiger partial charge in [-0.05, 0) is 25.1 Å². The second-order valence-electron chi connectivity index (χ2n) is 3.19. The fourth-order valence-electron chi connectivity index (χ4n) is 1.26. The van der Waals surface area contributed by atoms with Crippen molar-refractivity contribution in [1.29, 1.82) is 0 Å². The third-order valence-electron chi connectivity index (χ3n) is 1.95. The highest BCUT2D eigenvalue weighted by atomic mass is 35.5. The van der Waals surface area contributed by atoms with Gasteiger partial charge in [0.15, 0.2) is 4.34 Å². The molecule has 0 aliphatic carbocycles. The molecule has 0 aliphatic heterocycles. The predicted molar refractivity (Wildman–Crippen MR) is 72.0 cm³/mol. The Hall–Kier alpha value is -0.780. The van der Waals surface area contributed by atoms with Crippen LogP contribution in [0, 0.1) is 0 Å². The zero-order chi connectivity index (χ0) is 12.3. The fourth-order valence-corrected chi connectivity index (χ4v) is 3.28. The molecule has 2 rings (SSSR count). The first-order valence-electron chi connectivity index (χ1n) is 5.03. The topological polar surface area (TPSA) is 39.2 Å². The van der Waals surface area contributed by atoms with E-state index >= 15 is 0 Å². The summed E-state index contributed by atoms with van der Waals surface area (Å²) in [6.07, 6.45) is 0. The number of aromatic nitrogens is 1. The Morgan fingerprint density at radius 3 is 3.18 bits per heavy atom. The maximum absolute atomic E-state index is 11.2. The lowest BCUT2D eigenvalue weighted by Gasteiger charge is -1.98. The van der Waals surface area contributed by atoms with Gasteiger partial charge in [-0.3, -0.25) is 4.79 Å². The molecule has 1 aromatic heterocycles. The molecule has 1 aromatic carbocycles. The molecule has 0 radical (unpaired) electrons. The van der Waals surface area contributed by atoms with Crippen molar-refractivity contribution in [2.75, 3.05) is 12.4 Å². The summed E-state index contributed by atoms with van der Waals surface area (Å²) in [4.78, 5) is 15.6. The number of benzene rings is 1. The first-order valence-corrected chi connectivity index (χ1v) is 7.21. The SMILES string of the molecule is CCOC(=O)CSc1nc2cc(Cl)ccc2s1. The van der Waals surface area contributed by atoms with Gasteiger partial charge in [-0.1, -0.05) is 23.4 Å². The molecule has 0 saturated carbocycles. The number of hydrogen-bond acceptors (Lipinski definition) is 5. The van der Waals surface area contributed by atoms with E-state index in [1.807, 2.05) is 18.2 Å². The molecule has 0 saturated heterocycles. The summed E-state index contributed by atoms with van der Waals surface area (Å²) in [6.45, 7) is 2.21. The van der Waals surface area contributed by atoms with Gasteiger partial charge in [0.25, 0.3) is 0 Å². The summed E-state index contributed by atoms with van der Waals surface area (Å²) in [5.41, 5.74) is 0.869. The second-order valence-corrected chi connectivity index (χ2v) is 5.88. The summed E-state index contributed by atoms with van der Waals surface area (Å²) in [6, 6.07) is 5.59. The Morgan fingerprint density at radius 2 is 2.41 bits per heavy atom. The molecule has 3 nitrogen and oxygen atoms in total. The fraction of sp³-hybridized carbons (Fsp3) is 0.273. The maximum Gasteiger partial charge on any atom is 0.316 e. The number of carbonyl (C=O) groups excluding carboxylic acids is 1. The van der Waals surface area contributed by atoms with Crippen LogP contribution in [-0.4, -0.2) is 23.3 Å². The number of hydrogen-bond donors (Lipinski definition) is 0. The van der Waals surface area contributed by atoms with E-state index in [1.165, 1.54) is 11.8 Å². The van der Waals surface area contributed by atoms with Gasteiger partial charge in [-0.25, -0.2) is 4.98 Å². The number of nitrogens with zero attached hydrogens (tertiary/aromatic N) is 1. The monoisotopic (exact) mass is 287 g/mol. The Kier molecular flexibility index (Phi) is 4.25. The third kappa shape index (κ3) is 3.34. The molecule has 2 aromatic rings. The minimum Gasteiger partial charge on any atom is -0.465 e. The van der Waals surface area contributed by atoms with Crippen LogP contribution in [-0.2, 0) is 9.53 Å². The van der Waals surface area contributed by atoms with E-state index in [0.717, 1.165) is 14.6 Å². The molecule has 90 valence electrons. The summed E-state index contributed by atoms with van der Waals surface area (Å²) < 4.78 is 6.78. The van der Waals surface area contributed by atoms with Crippen LogP contribution in [0.2, 0.25) is 5.02 Å². The van der Waals surface area contributed by atoms with Crippen LogP contribution in [0.1, 0.15) is 6.92 Å². The van der Waals surface area contributed by atoms with Crippen LogP contribution >= 0.6 is 34.7 Å². The highest BCUT2D eigenvalue weighted by molar-refractivity contribution is 8.01. The van der Waals surface area contributed by atoms with E-state index < -0.39 is 0 Å². The Balaban J connectivity index is 2.07. The summed E-state index contributed by atoms with van der Waals surface area (Å²) in [7, 11) is 0. The predicted octanol–water partition coefficient (Wildman–Crippen LogP) is 3.60. The van der Waals surface area contributed by atoms with Crippen molar-refractivity contribution in [2.45, 2.75) is 11.3 Å². The van der Waals surface area contributed by atoms with E-state index in [9.17, 15) is 4.79 Å². The van der Waals surface area contributed by atoms with Crippen LogP contribution in [0.25, 0.3) is 10.2 Å². The normalized spacial score (nSPS) is 10.7. The number of carbonyl (C=O) groups is 1. The van der Waals surface area contributed by atoms with Gasteiger partial charge >= 0.3 is 5.97 Å². The van der Waals surface area contributed by atoms with E-state index in [-0.39, 0.29) is 5.97 Å². The molecule has 0 aliphatic rings. The Bertz CT molecular complexity index is 541. The highest BCUT2D eigenvalue weighted by Gasteiger charge is 2.08. The maximum atomic E-state index is 11.2. The summed E-state index contributed by atoms with van der Waals surface area (Å²) in [5.74, 6) is 0.0799. The summed E-state index contributed by atoms with van der Waals surface area (Å²) >= 11 is 8.82. The number of thioether (sulfide) groups is 1. The molecule has 0 fully saturated rings. The number of rotatable bonds is 4. The van der Waals surface area contributed by atoms with Crippen LogP contribution in [0.4, 0.5) is 0 Å². The number of ether oxygens (including phenoxy) is 1. The van der Waals surface area contributed by atoms with Gasteiger partial charge in [0, 0.05) is 5.02 Å². The van der Waals surface area contributed by atoms with Gasteiger partial charge < -0.3 is 4.74 Å². The lowest BCUT2D eigenvalue weighted by molar-refractivity contribution is -0.139. The molecule has 0 spiro atoms. The second kappa shape index (κ2) is 5.71. The standard InChI is InChI=1S/C11H10ClNO2S2/c1-2-15-10(14)6-16-11-13-8-5-7(12)3-4-9(8)17-11/h3-5H,2,6H2,1H3. The Morgan fingerprint density at radius 1 is 1.59 bits per heavy atom. The minimum atomic E-state index is -0.213. The molecule has 1 heterocycles. The quantitative estimate of drug-likeness (QED) is 0.636. The molecular weight excluding hydrogens is 278 g/mol. The van der Waals surface area contributed by atoms with Gasteiger partial charge in [-0.15, -0.1) is 11.3 Å². The molecule has 0 N–H and O–H groups in total. The third-order valence-corrected chi connectivity index (χ3v) is 4.34. The van der Waals surface area contributed by atoms with Crippen molar-refractivity contribution in [3.05, 3.63) is 23.2 Å². The zero-order valence-electron chi connectivity index (χ0n) is 9.10. The lowest BCUT2D eigenvalue weighted by Crippen LogP contribution is -2.06. The van der Waals surface area contributed by atoms with Crippen LogP contribution in [0.5, 0.6) is 0 Å². The Labute approximate surface area is 112 Å². The summed E-state index contributed by atoms with van der Waals surface area (Å²) in [5, 5.41) is 0.671. The first kappa shape index (κ1) is 12.7. The van der Waals surface area contributed by atoms with Crippen LogP contribution in [0.3, 0.4) is 0 Å². The van der Waals surface area contributed by atoms with Crippen LogP contribution < -0.4 is 0 Å². The number of thiazole rings is 1. The van der Waals surface area contributed by atoms with E-state index in [1.54, 1.807) is 18.3 Å². The molecule has 0 bridgehead atoms. The van der Waals surface area contributed by atoms with E-state index in [0.29, 0.717) is 17.4 Å². The van der Waals surface area contributed by atoms with Crippen molar-refractivity contribution in [3.63, 3.8) is 0 Å². The van der Waals surface area contributed by atoms with Crippen molar-refractivity contribution in [3.8, 4) is 0 Å². The van der Waals surface area contributed by atoms with Crippen molar-refractivity contribution >= 4 is 50.9 Å². The smallest absolute Gasteiger partial charge is 0.316 e. The molecule has 0 atom stereocenters. The van der Waals surface area contributed by atoms with Crippen LogP contribution in [0.15, 0.2) is 22.5 Å². The van der Waals surface area contributed by atoms with E-state index in [2.05, 4.69) is 4.98 Å². The largest absolute Gasteiger partial charge is 0.465 e. The lowest BCUT2D eigenvalue weighted by atomic mass is 10.3. The van der Waals surface area contributed by atoms with Crippen molar-refractivity contribution in [2.24, 2.45) is 0 Å². The molecule has 0 unspecified atom stereocenters. The molecule has 6 heteroatoms. The zero-order valence-corrected chi connectivity index (χ0v) is 11.5. The first-order chi connectivity index (χ1) is 8.19. The minimum absolute atomic E-state index is 0.213. The van der Waals surface area contributed by atoms with Gasteiger partial charge in [0.1, 0.15) is 0 Å².